The maximum absolute atomic E-state index is 13.5. The molecule has 4 nitrogen and oxygen atoms in total. The van der Waals surface area contributed by atoms with E-state index in [-0.39, 0.29) is 19.0 Å². The predicted octanol–water partition coefficient (Wildman–Crippen LogP) is 3.22. The van der Waals surface area contributed by atoms with Crippen molar-refractivity contribution in [2.45, 2.75) is 32.1 Å². The molecular formula is C21H22FNO3. The van der Waals surface area contributed by atoms with Gasteiger partial charge in [0.1, 0.15) is 5.82 Å². The summed E-state index contributed by atoms with van der Waals surface area (Å²) in [5, 5.41) is 2.63. The monoisotopic (exact) mass is 355 g/mol. The molecule has 3 rings (SSSR count). The molecular weight excluding hydrogens is 333 g/mol. The largest absolute Gasteiger partial charge is 0.452 e. The maximum atomic E-state index is 13.5. The van der Waals surface area contributed by atoms with Gasteiger partial charge in [0.25, 0.3) is 5.91 Å². The van der Waals surface area contributed by atoms with E-state index in [9.17, 15) is 14.0 Å². The first-order chi connectivity index (χ1) is 12.6. The molecule has 0 fully saturated rings. The van der Waals surface area contributed by atoms with Crippen molar-refractivity contribution < 1.29 is 18.7 Å². The molecule has 0 aromatic heterocycles. The highest BCUT2D eigenvalue weighted by molar-refractivity contribution is 5.91. The van der Waals surface area contributed by atoms with Crippen LogP contribution in [0, 0.1) is 5.82 Å². The zero-order valence-electron chi connectivity index (χ0n) is 14.6. The molecule has 0 saturated heterocycles. The average molecular weight is 355 g/mol. The van der Waals surface area contributed by atoms with Crippen molar-refractivity contribution in [3.05, 3.63) is 70.5 Å². The Hall–Kier alpha value is -2.69. The summed E-state index contributed by atoms with van der Waals surface area (Å²) in [6, 6.07) is 12.0. The number of amides is 1. The van der Waals surface area contributed by atoms with E-state index in [1.807, 2.05) is 12.1 Å². The van der Waals surface area contributed by atoms with E-state index in [2.05, 4.69) is 5.32 Å². The van der Waals surface area contributed by atoms with Gasteiger partial charge in [0.15, 0.2) is 6.61 Å². The fraction of sp³-hybridized carbons (Fsp3) is 0.333. The molecule has 0 spiro atoms. The minimum absolute atomic E-state index is 0.288. The van der Waals surface area contributed by atoms with Crippen molar-refractivity contribution in [2.24, 2.45) is 0 Å². The molecule has 0 radical (unpaired) electrons. The Kier molecular flexibility index (Phi) is 6.00. The number of halogens is 1. The minimum Gasteiger partial charge on any atom is -0.452 e. The standard InChI is InChI=1S/C21H22FNO3/c22-19-8-4-3-6-16(19)11-12-23-20(24)14-26-21(25)18-10-9-15-5-1-2-7-17(15)13-18/h3-4,6,8-10,13H,1-2,5,7,11-12,14H2,(H,23,24). The van der Waals surface area contributed by atoms with Gasteiger partial charge in [-0.2, -0.15) is 0 Å². The second-order valence-corrected chi connectivity index (χ2v) is 6.46. The SMILES string of the molecule is O=C(COC(=O)c1ccc2c(c1)CCCC2)NCCc1ccccc1F. The third-order valence-corrected chi connectivity index (χ3v) is 4.59. The van der Waals surface area contributed by atoms with Crippen LogP contribution in [-0.4, -0.2) is 25.0 Å². The number of nitrogens with one attached hydrogen (secondary N) is 1. The van der Waals surface area contributed by atoms with Crippen LogP contribution in [0.3, 0.4) is 0 Å². The molecule has 1 aliphatic rings. The number of benzene rings is 2. The van der Waals surface area contributed by atoms with Crippen LogP contribution in [0.5, 0.6) is 0 Å². The van der Waals surface area contributed by atoms with Crippen molar-refractivity contribution >= 4 is 11.9 Å². The number of fused-ring (bicyclic) bond motifs is 1. The number of hydrogen-bond acceptors (Lipinski definition) is 3. The van der Waals surface area contributed by atoms with Crippen molar-refractivity contribution in [2.75, 3.05) is 13.2 Å². The van der Waals surface area contributed by atoms with E-state index in [0.717, 1.165) is 19.3 Å². The van der Waals surface area contributed by atoms with Crippen molar-refractivity contribution in [1.82, 2.24) is 5.32 Å². The van der Waals surface area contributed by atoms with E-state index in [1.165, 1.54) is 23.6 Å². The van der Waals surface area contributed by atoms with Crippen LogP contribution in [-0.2, 0) is 28.8 Å². The van der Waals surface area contributed by atoms with Gasteiger partial charge in [-0.05, 0) is 67.0 Å². The molecule has 1 aliphatic carbocycles. The van der Waals surface area contributed by atoms with Crippen molar-refractivity contribution in [3.8, 4) is 0 Å². The predicted molar refractivity (Wildman–Crippen MR) is 96.5 cm³/mol. The van der Waals surface area contributed by atoms with Crippen LogP contribution in [0.4, 0.5) is 4.39 Å². The summed E-state index contributed by atoms with van der Waals surface area (Å²) < 4.78 is 18.6. The zero-order chi connectivity index (χ0) is 18.4. The van der Waals surface area contributed by atoms with Crippen LogP contribution in [0.25, 0.3) is 0 Å². The Morgan fingerprint density at radius 1 is 1.04 bits per heavy atom. The van der Waals surface area contributed by atoms with E-state index in [1.54, 1.807) is 24.3 Å². The number of carbonyl (C=O) groups excluding carboxylic acids is 2. The molecule has 0 unspecified atom stereocenters. The molecule has 0 bridgehead atoms. The highest BCUT2D eigenvalue weighted by Gasteiger charge is 2.14. The van der Waals surface area contributed by atoms with E-state index >= 15 is 0 Å². The van der Waals surface area contributed by atoms with Gasteiger partial charge in [-0.1, -0.05) is 24.3 Å². The summed E-state index contributed by atoms with van der Waals surface area (Å²) >= 11 is 0. The van der Waals surface area contributed by atoms with Gasteiger partial charge in [0.05, 0.1) is 5.56 Å². The molecule has 0 atom stereocenters. The molecule has 2 aromatic carbocycles. The van der Waals surface area contributed by atoms with Crippen LogP contribution in [0.1, 0.15) is 39.9 Å². The number of carbonyl (C=O) groups is 2. The molecule has 1 N–H and O–H groups in total. The Morgan fingerprint density at radius 2 is 1.81 bits per heavy atom. The Balaban J connectivity index is 1.44. The lowest BCUT2D eigenvalue weighted by Gasteiger charge is -2.16. The molecule has 26 heavy (non-hydrogen) atoms. The fourth-order valence-corrected chi connectivity index (χ4v) is 3.16. The van der Waals surface area contributed by atoms with Gasteiger partial charge in [-0.3, -0.25) is 4.79 Å². The van der Waals surface area contributed by atoms with Crippen molar-refractivity contribution in [1.29, 1.82) is 0 Å². The van der Waals surface area contributed by atoms with Gasteiger partial charge in [-0.25, -0.2) is 9.18 Å². The molecule has 136 valence electrons. The summed E-state index contributed by atoms with van der Waals surface area (Å²) in [5.74, 6) is -1.18. The summed E-state index contributed by atoms with van der Waals surface area (Å²) in [6.45, 7) is -0.0522. The third-order valence-electron chi connectivity index (χ3n) is 4.59. The van der Waals surface area contributed by atoms with Gasteiger partial charge >= 0.3 is 5.97 Å². The molecule has 1 amide bonds. The quantitative estimate of drug-likeness (QED) is 0.810. The molecule has 0 heterocycles. The number of ether oxygens (including phenoxy) is 1. The van der Waals surface area contributed by atoms with E-state index in [4.69, 9.17) is 4.74 Å². The first-order valence-corrected chi connectivity index (χ1v) is 8.92. The van der Waals surface area contributed by atoms with Gasteiger partial charge in [0.2, 0.25) is 0 Å². The smallest absolute Gasteiger partial charge is 0.338 e. The van der Waals surface area contributed by atoms with Gasteiger partial charge < -0.3 is 10.1 Å². The maximum Gasteiger partial charge on any atom is 0.338 e. The highest BCUT2D eigenvalue weighted by Crippen LogP contribution is 2.22. The van der Waals surface area contributed by atoms with Crippen LogP contribution < -0.4 is 5.32 Å². The molecule has 0 saturated carbocycles. The Bertz CT molecular complexity index is 804. The molecule has 2 aromatic rings. The summed E-state index contributed by atoms with van der Waals surface area (Å²) in [7, 11) is 0. The average Bonchev–Trinajstić information content (AvgIpc) is 2.67. The summed E-state index contributed by atoms with van der Waals surface area (Å²) in [4.78, 5) is 23.9. The zero-order valence-corrected chi connectivity index (χ0v) is 14.6. The van der Waals surface area contributed by atoms with Gasteiger partial charge in [-0.15, -0.1) is 0 Å². The first-order valence-electron chi connectivity index (χ1n) is 8.92. The highest BCUT2D eigenvalue weighted by atomic mass is 19.1. The molecule has 0 aliphatic heterocycles. The lowest BCUT2D eigenvalue weighted by molar-refractivity contribution is -0.124. The molecule has 5 heteroatoms. The Morgan fingerprint density at radius 3 is 2.62 bits per heavy atom. The van der Waals surface area contributed by atoms with E-state index in [0.29, 0.717) is 17.5 Å². The van der Waals surface area contributed by atoms with Crippen molar-refractivity contribution in [3.63, 3.8) is 0 Å². The normalized spacial score (nSPS) is 13.0. The van der Waals surface area contributed by atoms with Crippen LogP contribution in [0.15, 0.2) is 42.5 Å². The summed E-state index contributed by atoms with van der Waals surface area (Å²) in [6.07, 6.45) is 4.74. The third kappa shape index (κ3) is 4.69. The fourth-order valence-electron chi connectivity index (χ4n) is 3.16. The Labute approximate surface area is 152 Å². The first kappa shape index (κ1) is 18.1. The number of rotatable bonds is 6. The number of esters is 1. The van der Waals surface area contributed by atoms with E-state index < -0.39 is 11.9 Å². The lowest BCUT2D eigenvalue weighted by Crippen LogP contribution is -2.30. The number of hydrogen-bond donors (Lipinski definition) is 1. The number of aryl methyl sites for hydroxylation is 2. The van der Waals surface area contributed by atoms with Gasteiger partial charge in [0, 0.05) is 6.54 Å². The second-order valence-electron chi connectivity index (χ2n) is 6.46. The van der Waals surface area contributed by atoms with Crippen LogP contribution >= 0.6 is 0 Å². The summed E-state index contributed by atoms with van der Waals surface area (Å²) in [5.41, 5.74) is 3.50. The second kappa shape index (κ2) is 8.61. The lowest BCUT2D eigenvalue weighted by atomic mass is 9.90. The minimum atomic E-state index is -0.498. The topological polar surface area (TPSA) is 55.4 Å². The van der Waals surface area contributed by atoms with Crippen LogP contribution in [0.2, 0.25) is 0 Å².